The maximum absolute atomic E-state index is 11.8. The molecule has 2 rings (SSSR count). The van der Waals surface area contributed by atoms with Crippen molar-refractivity contribution in [2.24, 2.45) is 0 Å². The topological polar surface area (TPSA) is 78.4 Å². The van der Waals surface area contributed by atoms with Crippen molar-refractivity contribution >= 4 is 11.9 Å². The number of alkyl halides is 3. The minimum Gasteiger partial charge on any atom is -0.475 e. The predicted molar refractivity (Wildman–Crippen MR) is 85.7 cm³/mol. The molecule has 3 N–H and O–H groups in total. The number of piperidine rings is 1. The van der Waals surface area contributed by atoms with Crippen LogP contribution in [0.2, 0.25) is 0 Å². The summed E-state index contributed by atoms with van der Waals surface area (Å²) in [7, 11) is 0. The molecule has 8 heteroatoms. The van der Waals surface area contributed by atoms with E-state index < -0.39 is 12.1 Å². The first-order valence-electron chi connectivity index (χ1n) is 7.52. The number of aliphatic carboxylic acids is 1. The van der Waals surface area contributed by atoms with E-state index in [0.717, 1.165) is 31.5 Å². The standard InChI is InChI=1S/C15H18N2O.C2HF3O2/c1-15(9-11-16-12-10-15)17-14(18)8-7-13-5-3-2-4-6-13;3-2(4,5)1(6)7/h2-6,16H,9-12H2,1H3,(H,17,18);(H,6,7). The molecule has 0 saturated carbocycles. The molecule has 5 nitrogen and oxygen atoms in total. The molecule has 1 aliphatic rings. The van der Waals surface area contributed by atoms with Crippen molar-refractivity contribution in [1.82, 2.24) is 10.6 Å². The second-order valence-corrected chi connectivity index (χ2v) is 5.68. The Morgan fingerprint density at radius 1 is 1.20 bits per heavy atom. The van der Waals surface area contributed by atoms with Crippen molar-refractivity contribution in [3.8, 4) is 11.8 Å². The zero-order valence-electron chi connectivity index (χ0n) is 13.6. The van der Waals surface area contributed by atoms with Crippen LogP contribution in [0.4, 0.5) is 13.2 Å². The number of carbonyl (C=O) groups is 2. The van der Waals surface area contributed by atoms with E-state index in [1.807, 2.05) is 30.3 Å². The molecular formula is C17H19F3N2O3. The van der Waals surface area contributed by atoms with Gasteiger partial charge in [0.05, 0.1) is 0 Å². The Labute approximate surface area is 143 Å². The number of hydrogen-bond acceptors (Lipinski definition) is 3. The Balaban J connectivity index is 0.000000381. The van der Waals surface area contributed by atoms with Crippen molar-refractivity contribution in [2.45, 2.75) is 31.5 Å². The van der Waals surface area contributed by atoms with Gasteiger partial charge in [-0.3, -0.25) is 4.79 Å². The summed E-state index contributed by atoms with van der Waals surface area (Å²) in [6, 6.07) is 9.55. The number of carboxylic acid groups (broad SMARTS) is 1. The fourth-order valence-electron chi connectivity index (χ4n) is 2.06. The lowest BCUT2D eigenvalue weighted by Crippen LogP contribution is -2.52. The monoisotopic (exact) mass is 356 g/mol. The van der Waals surface area contributed by atoms with E-state index in [0.29, 0.717) is 0 Å². The zero-order valence-corrected chi connectivity index (χ0v) is 13.6. The molecule has 0 radical (unpaired) electrons. The van der Waals surface area contributed by atoms with Crippen molar-refractivity contribution in [1.29, 1.82) is 0 Å². The number of benzene rings is 1. The number of halogens is 3. The fraction of sp³-hybridized carbons (Fsp3) is 0.412. The van der Waals surface area contributed by atoms with E-state index in [-0.39, 0.29) is 11.4 Å². The number of hydrogen-bond donors (Lipinski definition) is 3. The number of amides is 1. The van der Waals surface area contributed by atoms with E-state index in [1.54, 1.807) is 0 Å². The highest BCUT2D eigenvalue weighted by Crippen LogP contribution is 2.16. The maximum atomic E-state index is 11.8. The molecular weight excluding hydrogens is 337 g/mol. The van der Waals surface area contributed by atoms with Crippen molar-refractivity contribution < 1.29 is 27.9 Å². The second kappa shape index (κ2) is 9.08. The van der Waals surface area contributed by atoms with Gasteiger partial charge in [-0.05, 0) is 45.0 Å². The molecule has 25 heavy (non-hydrogen) atoms. The van der Waals surface area contributed by atoms with Gasteiger partial charge in [0.25, 0.3) is 5.91 Å². The summed E-state index contributed by atoms with van der Waals surface area (Å²) in [6.07, 6.45) is -3.18. The number of nitrogens with one attached hydrogen (secondary N) is 2. The lowest BCUT2D eigenvalue weighted by Gasteiger charge is -2.34. The Morgan fingerprint density at radius 2 is 1.72 bits per heavy atom. The Morgan fingerprint density at radius 3 is 2.20 bits per heavy atom. The molecule has 1 heterocycles. The van der Waals surface area contributed by atoms with Crippen LogP contribution in [0.15, 0.2) is 30.3 Å². The van der Waals surface area contributed by atoms with Crippen LogP contribution in [-0.2, 0) is 9.59 Å². The van der Waals surface area contributed by atoms with Gasteiger partial charge in [0.2, 0.25) is 0 Å². The van der Waals surface area contributed by atoms with Crippen molar-refractivity contribution in [3.05, 3.63) is 35.9 Å². The Hall–Kier alpha value is -2.53. The Bertz CT molecular complexity index is 643. The van der Waals surface area contributed by atoms with Crippen LogP contribution in [0.3, 0.4) is 0 Å². The van der Waals surface area contributed by atoms with Gasteiger partial charge >= 0.3 is 12.1 Å². The largest absolute Gasteiger partial charge is 0.490 e. The fourth-order valence-corrected chi connectivity index (χ4v) is 2.06. The maximum Gasteiger partial charge on any atom is 0.490 e. The van der Waals surface area contributed by atoms with Crippen LogP contribution < -0.4 is 10.6 Å². The van der Waals surface area contributed by atoms with Crippen LogP contribution >= 0.6 is 0 Å². The summed E-state index contributed by atoms with van der Waals surface area (Å²) in [5.41, 5.74) is 0.747. The zero-order chi connectivity index (χ0) is 18.9. The van der Waals surface area contributed by atoms with Crippen molar-refractivity contribution in [2.75, 3.05) is 13.1 Å². The highest BCUT2D eigenvalue weighted by molar-refractivity contribution is 5.94. The van der Waals surface area contributed by atoms with Gasteiger partial charge < -0.3 is 15.7 Å². The van der Waals surface area contributed by atoms with Crippen LogP contribution in [0.25, 0.3) is 0 Å². The normalized spacial score (nSPS) is 15.7. The van der Waals surface area contributed by atoms with E-state index >= 15 is 0 Å². The number of carbonyl (C=O) groups excluding carboxylic acids is 1. The van der Waals surface area contributed by atoms with Crippen LogP contribution in [0, 0.1) is 11.8 Å². The molecule has 1 aliphatic heterocycles. The highest BCUT2D eigenvalue weighted by Gasteiger charge is 2.38. The molecule has 1 aromatic rings. The molecule has 0 aliphatic carbocycles. The summed E-state index contributed by atoms with van der Waals surface area (Å²) in [6.45, 7) is 3.97. The lowest BCUT2D eigenvalue weighted by molar-refractivity contribution is -0.192. The van der Waals surface area contributed by atoms with Crippen LogP contribution in [-0.4, -0.2) is 41.8 Å². The first-order chi connectivity index (χ1) is 11.6. The third-order valence-electron chi connectivity index (χ3n) is 3.46. The first-order valence-corrected chi connectivity index (χ1v) is 7.52. The number of carboxylic acids is 1. The van der Waals surface area contributed by atoms with Gasteiger partial charge in [-0.15, -0.1) is 0 Å². The summed E-state index contributed by atoms with van der Waals surface area (Å²) >= 11 is 0. The molecule has 0 bridgehead atoms. The summed E-state index contributed by atoms with van der Waals surface area (Å²) < 4.78 is 31.7. The predicted octanol–water partition coefficient (Wildman–Crippen LogP) is 1.93. The first kappa shape index (κ1) is 20.5. The molecule has 1 aromatic carbocycles. The van der Waals surface area contributed by atoms with Gasteiger partial charge in [-0.25, -0.2) is 4.79 Å². The van der Waals surface area contributed by atoms with E-state index in [2.05, 4.69) is 29.4 Å². The second-order valence-electron chi connectivity index (χ2n) is 5.68. The van der Waals surface area contributed by atoms with Crippen molar-refractivity contribution in [3.63, 3.8) is 0 Å². The Kier molecular flexibility index (Phi) is 7.45. The van der Waals surface area contributed by atoms with Gasteiger partial charge in [-0.2, -0.15) is 13.2 Å². The minimum atomic E-state index is -5.08. The average Bonchev–Trinajstić information content (AvgIpc) is 2.54. The average molecular weight is 356 g/mol. The molecule has 1 fully saturated rings. The lowest BCUT2D eigenvalue weighted by atomic mass is 9.90. The molecule has 0 spiro atoms. The third-order valence-corrected chi connectivity index (χ3v) is 3.46. The van der Waals surface area contributed by atoms with Gasteiger partial charge in [-0.1, -0.05) is 24.1 Å². The van der Waals surface area contributed by atoms with Gasteiger partial charge in [0, 0.05) is 17.0 Å². The number of rotatable bonds is 1. The molecule has 1 saturated heterocycles. The summed E-state index contributed by atoms with van der Waals surface area (Å²) in [4.78, 5) is 20.7. The molecule has 0 atom stereocenters. The van der Waals surface area contributed by atoms with Gasteiger partial charge in [0.1, 0.15) is 0 Å². The van der Waals surface area contributed by atoms with E-state index in [9.17, 15) is 18.0 Å². The van der Waals surface area contributed by atoms with Crippen LogP contribution in [0.5, 0.6) is 0 Å². The third kappa shape index (κ3) is 8.22. The quantitative estimate of drug-likeness (QED) is 0.672. The smallest absolute Gasteiger partial charge is 0.475 e. The summed E-state index contributed by atoms with van der Waals surface area (Å²) in [5.74, 6) is 2.58. The van der Waals surface area contributed by atoms with Crippen LogP contribution in [0.1, 0.15) is 25.3 Å². The van der Waals surface area contributed by atoms with E-state index in [1.165, 1.54) is 0 Å². The highest BCUT2D eigenvalue weighted by atomic mass is 19.4. The van der Waals surface area contributed by atoms with E-state index in [4.69, 9.17) is 9.90 Å². The van der Waals surface area contributed by atoms with Gasteiger partial charge in [0.15, 0.2) is 0 Å². The minimum absolute atomic E-state index is 0.117. The SMILES string of the molecule is CC1(NC(=O)C#Cc2ccccc2)CCNCC1.O=C(O)C(F)(F)F. The summed E-state index contributed by atoms with van der Waals surface area (Å²) in [5, 5.41) is 13.4. The molecule has 0 aromatic heterocycles. The molecule has 0 unspecified atom stereocenters. The molecule has 136 valence electrons. The molecule has 1 amide bonds.